The van der Waals surface area contributed by atoms with Crippen molar-refractivity contribution in [3.63, 3.8) is 0 Å². The number of H-pyrrole nitrogens is 1. The number of hydrogen-bond acceptors (Lipinski definition) is 7. The van der Waals surface area contributed by atoms with E-state index in [0.29, 0.717) is 34.1 Å². The van der Waals surface area contributed by atoms with E-state index >= 15 is 0 Å². The van der Waals surface area contributed by atoms with E-state index in [1.807, 2.05) is 37.3 Å². The molecule has 2 atom stereocenters. The summed E-state index contributed by atoms with van der Waals surface area (Å²) in [5.74, 6) is 0.648. The van der Waals surface area contributed by atoms with Crippen LogP contribution in [0.5, 0.6) is 0 Å². The Bertz CT molecular complexity index is 1110. The number of carbonyl (C=O) groups excluding carboxylic acids is 2. The van der Waals surface area contributed by atoms with Crippen molar-refractivity contribution in [2.45, 2.75) is 50.4 Å². The van der Waals surface area contributed by atoms with Crippen LogP contribution >= 0.6 is 23.1 Å². The van der Waals surface area contributed by atoms with Crippen molar-refractivity contribution in [1.29, 1.82) is 0 Å². The Balaban J connectivity index is 1.66. The molecule has 32 heavy (non-hydrogen) atoms. The lowest BCUT2D eigenvalue weighted by molar-refractivity contribution is -0.115. The van der Waals surface area contributed by atoms with Gasteiger partial charge in [-0.15, -0.1) is 16.4 Å². The maximum absolute atomic E-state index is 13.5. The molecule has 2 aromatic heterocycles. The summed E-state index contributed by atoms with van der Waals surface area (Å²) >= 11 is 2.76. The zero-order valence-corrected chi connectivity index (χ0v) is 19.9. The van der Waals surface area contributed by atoms with Crippen LogP contribution in [0.3, 0.4) is 0 Å². The summed E-state index contributed by atoms with van der Waals surface area (Å²) in [5, 5.41) is 10.5. The Hall–Kier alpha value is -2.65. The predicted molar refractivity (Wildman–Crippen MR) is 126 cm³/mol. The summed E-state index contributed by atoms with van der Waals surface area (Å²) in [5.41, 5.74) is 2.37. The predicted octanol–water partition coefficient (Wildman–Crippen LogP) is 4.95. The number of thioether (sulfide) groups is 1. The van der Waals surface area contributed by atoms with Gasteiger partial charge in [-0.1, -0.05) is 49.0 Å². The molecule has 0 saturated carbocycles. The number of fused-ring (bicyclic) bond motifs is 1. The minimum absolute atomic E-state index is 0.221. The van der Waals surface area contributed by atoms with Crippen LogP contribution in [0.15, 0.2) is 35.5 Å². The van der Waals surface area contributed by atoms with Crippen molar-refractivity contribution in [3.8, 4) is 0 Å². The number of aromatic nitrogens is 3. The fraction of sp³-hybridized carbons (Fsp3) is 0.391. The number of thiophene rings is 1. The second-order valence-electron chi connectivity index (χ2n) is 7.88. The van der Waals surface area contributed by atoms with Gasteiger partial charge in [-0.2, -0.15) is 0 Å². The Morgan fingerprint density at radius 1 is 1.34 bits per heavy atom. The number of rotatable bonds is 7. The molecule has 4 rings (SSSR count). The number of nitrogens with one attached hydrogen (secondary N) is 2. The molecule has 3 aromatic rings. The Morgan fingerprint density at radius 2 is 2.12 bits per heavy atom. The summed E-state index contributed by atoms with van der Waals surface area (Å²) in [4.78, 5) is 31.8. The number of aromatic amines is 1. The fourth-order valence-electron chi connectivity index (χ4n) is 3.82. The van der Waals surface area contributed by atoms with Crippen LogP contribution in [-0.2, 0) is 22.4 Å². The Kier molecular flexibility index (Phi) is 6.95. The Labute approximate surface area is 195 Å². The van der Waals surface area contributed by atoms with Gasteiger partial charge in [0.05, 0.1) is 12.2 Å². The molecule has 1 aromatic carbocycles. The highest BCUT2D eigenvalue weighted by atomic mass is 32.2. The van der Waals surface area contributed by atoms with Crippen LogP contribution in [0.2, 0.25) is 0 Å². The van der Waals surface area contributed by atoms with Crippen molar-refractivity contribution < 1.29 is 14.3 Å². The summed E-state index contributed by atoms with van der Waals surface area (Å²) in [6, 6.07) is 9.52. The number of carbonyl (C=O) groups is 2. The lowest BCUT2D eigenvalue weighted by Gasteiger charge is -2.18. The molecule has 1 aliphatic rings. The largest absolute Gasteiger partial charge is 0.462 e. The van der Waals surface area contributed by atoms with Crippen LogP contribution in [0.25, 0.3) is 0 Å². The van der Waals surface area contributed by atoms with Gasteiger partial charge in [-0.05, 0) is 50.2 Å². The van der Waals surface area contributed by atoms with E-state index in [1.54, 1.807) is 6.92 Å². The van der Waals surface area contributed by atoms with Gasteiger partial charge < -0.3 is 10.1 Å². The number of nitrogens with zero attached hydrogens (tertiary/aromatic N) is 2. The number of aryl methyl sites for hydroxylation is 1. The van der Waals surface area contributed by atoms with Gasteiger partial charge >= 0.3 is 5.97 Å². The topological polar surface area (TPSA) is 97.0 Å². The molecule has 0 aliphatic heterocycles. The number of ether oxygens (including phenoxy) is 1. The van der Waals surface area contributed by atoms with E-state index in [1.165, 1.54) is 23.1 Å². The van der Waals surface area contributed by atoms with Gasteiger partial charge in [0.1, 0.15) is 16.1 Å². The van der Waals surface area contributed by atoms with Crippen molar-refractivity contribution in [2.75, 3.05) is 11.9 Å². The summed E-state index contributed by atoms with van der Waals surface area (Å²) in [6.07, 6.45) is 2.76. The van der Waals surface area contributed by atoms with Crippen molar-refractivity contribution >= 4 is 40.0 Å². The van der Waals surface area contributed by atoms with E-state index in [2.05, 4.69) is 27.4 Å². The number of amides is 1. The van der Waals surface area contributed by atoms with Crippen LogP contribution in [-0.4, -0.2) is 33.7 Å². The van der Waals surface area contributed by atoms with E-state index in [9.17, 15) is 9.59 Å². The number of hydrogen-bond donors (Lipinski definition) is 2. The second kappa shape index (κ2) is 9.87. The highest BCUT2D eigenvalue weighted by molar-refractivity contribution is 8.00. The highest BCUT2D eigenvalue weighted by Crippen LogP contribution is 2.41. The molecule has 1 amide bonds. The number of benzene rings is 1. The van der Waals surface area contributed by atoms with Gasteiger partial charge in [0.25, 0.3) is 0 Å². The number of anilines is 1. The van der Waals surface area contributed by atoms with Gasteiger partial charge in [-0.25, -0.2) is 9.78 Å². The minimum Gasteiger partial charge on any atom is -0.462 e. The van der Waals surface area contributed by atoms with E-state index in [4.69, 9.17) is 4.74 Å². The monoisotopic (exact) mass is 470 g/mol. The average molecular weight is 471 g/mol. The first kappa shape index (κ1) is 22.5. The summed E-state index contributed by atoms with van der Waals surface area (Å²) in [6.45, 7) is 6.11. The third-order valence-corrected chi connectivity index (χ3v) is 7.65. The van der Waals surface area contributed by atoms with E-state index in [-0.39, 0.29) is 11.9 Å². The molecular weight excluding hydrogens is 444 g/mol. The number of esters is 1. The van der Waals surface area contributed by atoms with Crippen molar-refractivity contribution in [2.24, 2.45) is 5.92 Å². The molecule has 0 unspecified atom stereocenters. The summed E-state index contributed by atoms with van der Waals surface area (Å²) < 4.78 is 5.33. The first-order chi connectivity index (χ1) is 15.5. The summed E-state index contributed by atoms with van der Waals surface area (Å²) in [7, 11) is 0. The lowest BCUT2D eigenvalue weighted by atomic mass is 9.88. The van der Waals surface area contributed by atoms with Gasteiger partial charge in [0, 0.05) is 4.88 Å². The third kappa shape index (κ3) is 4.88. The zero-order chi connectivity index (χ0) is 22.7. The fourth-order valence-corrected chi connectivity index (χ4v) is 6.18. The highest BCUT2D eigenvalue weighted by Gasteiger charge is 2.31. The molecule has 1 aliphatic carbocycles. The molecule has 7 nitrogen and oxygen atoms in total. The molecule has 2 N–H and O–H groups in total. The quantitative estimate of drug-likeness (QED) is 0.375. The maximum Gasteiger partial charge on any atom is 0.341 e. The third-order valence-electron chi connectivity index (χ3n) is 5.37. The van der Waals surface area contributed by atoms with Crippen molar-refractivity contribution in [1.82, 2.24) is 15.2 Å². The molecule has 0 spiro atoms. The first-order valence-electron chi connectivity index (χ1n) is 10.7. The van der Waals surface area contributed by atoms with E-state index < -0.39 is 5.25 Å². The zero-order valence-electron chi connectivity index (χ0n) is 18.3. The molecule has 0 radical (unpaired) electrons. The van der Waals surface area contributed by atoms with Crippen LogP contribution in [0.4, 0.5) is 5.00 Å². The van der Waals surface area contributed by atoms with Gasteiger partial charge in [0.2, 0.25) is 11.1 Å². The second-order valence-corrected chi connectivity index (χ2v) is 10.1. The van der Waals surface area contributed by atoms with E-state index in [0.717, 1.165) is 35.3 Å². The average Bonchev–Trinajstić information content (AvgIpc) is 3.34. The van der Waals surface area contributed by atoms with Gasteiger partial charge in [0.15, 0.2) is 0 Å². The van der Waals surface area contributed by atoms with Crippen LogP contribution in [0, 0.1) is 12.8 Å². The van der Waals surface area contributed by atoms with Gasteiger partial charge in [-0.3, -0.25) is 9.89 Å². The molecule has 9 heteroatoms. The van der Waals surface area contributed by atoms with Crippen LogP contribution < -0.4 is 5.32 Å². The smallest absolute Gasteiger partial charge is 0.341 e. The Morgan fingerprint density at radius 3 is 2.81 bits per heavy atom. The van der Waals surface area contributed by atoms with Crippen LogP contribution in [0.1, 0.15) is 57.7 Å². The minimum atomic E-state index is -0.570. The standard InChI is InChI=1S/C23H26N4O3S2/c1-4-30-22(29)18-16-11-10-13(2)12-17(16)31-21(18)25-20(28)19(15-8-6-5-7-9-15)32-23-24-14(3)26-27-23/h5-9,13,19H,4,10-12H2,1-3H3,(H,25,28)(H,24,26,27)/t13-,19+/m0/s1. The first-order valence-corrected chi connectivity index (χ1v) is 12.4. The maximum atomic E-state index is 13.5. The molecule has 0 saturated heterocycles. The molecular formula is C23H26N4O3S2. The molecule has 0 bridgehead atoms. The molecule has 2 heterocycles. The SMILES string of the molecule is CCOC(=O)c1c(NC(=O)[C@H](Sc2n[nH]c(C)n2)c2ccccc2)sc2c1CC[C@H](C)C2. The van der Waals surface area contributed by atoms with Crippen molar-refractivity contribution in [3.05, 3.63) is 57.7 Å². The normalized spacial score (nSPS) is 16.3. The lowest BCUT2D eigenvalue weighted by Crippen LogP contribution is -2.21. The molecule has 0 fully saturated rings. The molecule has 168 valence electrons.